The van der Waals surface area contributed by atoms with Gasteiger partial charge in [0.1, 0.15) is 5.75 Å². The highest BCUT2D eigenvalue weighted by atomic mass is 79.9. The van der Waals surface area contributed by atoms with Crippen LogP contribution in [-0.2, 0) is 4.79 Å². The van der Waals surface area contributed by atoms with E-state index in [0.29, 0.717) is 18.0 Å². The number of benzene rings is 1. The molecule has 0 fully saturated rings. The maximum atomic E-state index is 11.5. The zero-order chi connectivity index (χ0) is 10.8. The van der Waals surface area contributed by atoms with E-state index in [0.717, 1.165) is 4.47 Å². The molecule has 0 saturated heterocycles. The molecule has 15 heavy (non-hydrogen) atoms. The summed E-state index contributed by atoms with van der Waals surface area (Å²) < 4.78 is 6.19. The Labute approximate surface area is 95.6 Å². The van der Waals surface area contributed by atoms with Crippen molar-refractivity contribution in [3.63, 3.8) is 0 Å². The number of anilines is 1. The smallest absolute Gasteiger partial charge is 0.265 e. The second-order valence-electron chi connectivity index (χ2n) is 3.17. The summed E-state index contributed by atoms with van der Waals surface area (Å²) >= 11 is 3.33. The highest BCUT2D eigenvalue weighted by molar-refractivity contribution is 9.10. The number of hydrogen-bond acceptors (Lipinski definition) is 3. The van der Waals surface area contributed by atoms with E-state index < -0.39 is 0 Å². The summed E-state index contributed by atoms with van der Waals surface area (Å²) in [6.07, 6.45) is 0. The average Bonchev–Trinajstić information content (AvgIpc) is 2.22. The predicted molar refractivity (Wildman–Crippen MR) is 59.1 cm³/mol. The van der Waals surface area contributed by atoms with E-state index in [1.54, 1.807) is 6.07 Å². The van der Waals surface area contributed by atoms with Crippen LogP contribution >= 0.6 is 15.9 Å². The van der Waals surface area contributed by atoms with Crippen molar-refractivity contribution >= 4 is 27.5 Å². The number of carbonyl (C=O) groups excluding carboxylic acids is 1. The van der Waals surface area contributed by atoms with Crippen molar-refractivity contribution in [3.8, 4) is 5.75 Å². The molecule has 1 aromatic carbocycles. The lowest BCUT2D eigenvalue weighted by Gasteiger charge is -2.28. The topological polar surface area (TPSA) is 49.8 Å². The number of halogens is 1. The van der Waals surface area contributed by atoms with Gasteiger partial charge in [0.05, 0.1) is 12.3 Å². The van der Waals surface area contributed by atoms with Crippen molar-refractivity contribution in [1.82, 2.24) is 0 Å². The number of carbonyl (C=O) groups is 1. The lowest BCUT2D eigenvalue weighted by Crippen LogP contribution is -2.40. The van der Waals surface area contributed by atoms with Gasteiger partial charge < -0.3 is 14.7 Å². The molecule has 1 amide bonds. The Morgan fingerprint density at radius 1 is 1.53 bits per heavy atom. The number of nitrogens with zero attached hydrogens (tertiary/aromatic N) is 1. The third kappa shape index (κ3) is 1.98. The van der Waals surface area contributed by atoms with Crippen LogP contribution in [0, 0.1) is 0 Å². The minimum Gasteiger partial charge on any atom is -0.482 e. The summed E-state index contributed by atoms with van der Waals surface area (Å²) in [4.78, 5) is 13.0. The standard InChI is InChI=1S/C10H10BrNO3/c11-7-1-2-8-9(5-7)15-6-10(14)12(8)3-4-13/h1-2,5,13H,3-4,6H2. The Morgan fingerprint density at radius 3 is 3.07 bits per heavy atom. The van der Waals surface area contributed by atoms with Crippen LogP contribution in [0.1, 0.15) is 0 Å². The molecule has 2 rings (SSSR count). The second kappa shape index (κ2) is 4.20. The van der Waals surface area contributed by atoms with Gasteiger partial charge in [-0.2, -0.15) is 0 Å². The Hall–Kier alpha value is -1.07. The Morgan fingerprint density at radius 2 is 2.33 bits per heavy atom. The SMILES string of the molecule is O=C1COc2cc(Br)ccc2N1CCO. The normalized spacial score (nSPS) is 14.8. The highest BCUT2D eigenvalue weighted by Crippen LogP contribution is 2.34. The van der Waals surface area contributed by atoms with Gasteiger partial charge in [-0.05, 0) is 18.2 Å². The first-order valence-corrected chi connectivity index (χ1v) is 5.35. The Kier molecular flexibility index (Phi) is 2.93. The van der Waals surface area contributed by atoms with E-state index in [1.165, 1.54) is 4.90 Å². The number of rotatable bonds is 2. The summed E-state index contributed by atoms with van der Waals surface area (Å²) in [6, 6.07) is 5.45. The third-order valence-corrected chi connectivity index (χ3v) is 2.68. The molecule has 0 bridgehead atoms. The summed E-state index contributed by atoms with van der Waals surface area (Å²) in [7, 11) is 0. The van der Waals surface area contributed by atoms with Gasteiger partial charge >= 0.3 is 0 Å². The molecule has 0 radical (unpaired) electrons. The molecule has 0 atom stereocenters. The molecule has 1 heterocycles. The third-order valence-electron chi connectivity index (χ3n) is 2.19. The molecule has 0 aromatic heterocycles. The summed E-state index contributed by atoms with van der Waals surface area (Å²) in [5.41, 5.74) is 0.712. The minimum absolute atomic E-state index is 0.0312. The second-order valence-corrected chi connectivity index (χ2v) is 4.09. The van der Waals surface area contributed by atoms with E-state index >= 15 is 0 Å². The maximum absolute atomic E-state index is 11.5. The van der Waals surface area contributed by atoms with Gasteiger partial charge in [-0.1, -0.05) is 15.9 Å². The van der Waals surface area contributed by atoms with Crippen LogP contribution < -0.4 is 9.64 Å². The van der Waals surface area contributed by atoms with Crippen LogP contribution in [-0.4, -0.2) is 30.8 Å². The lowest BCUT2D eigenvalue weighted by molar-refractivity contribution is -0.121. The number of fused-ring (bicyclic) bond motifs is 1. The van der Waals surface area contributed by atoms with Crippen LogP contribution in [0.25, 0.3) is 0 Å². The zero-order valence-corrected chi connectivity index (χ0v) is 9.53. The fraction of sp³-hybridized carbons (Fsp3) is 0.300. The van der Waals surface area contributed by atoms with Crippen molar-refractivity contribution in [2.75, 3.05) is 24.7 Å². The number of β-amino-alcohol motifs (C(OH)–C–C–N with tert-alkyl or cyclic N) is 1. The Bertz CT molecular complexity index is 394. The molecule has 4 nitrogen and oxygen atoms in total. The first kappa shape index (κ1) is 10.4. The molecule has 1 aliphatic heterocycles. The fourth-order valence-corrected chi connectivity index (χ4v) is 1.86. The molecule has 0 unspecified atom stereocenters. The molecule has 0 saturated carbocycles. The number of amides is 1. The molecule has 80 valence electrons. The van der Waals surface area contributed by atoms with Gasteiger partial charge in [-0.15, -0.1) is 0 Å². The van der Waals surface area contributed by atoms with E-state index in [1.807, 2.05) is 12.1 Å². The van der Waals surface area contributed by atoms with Crippen molar-refractivity contribution in [3.05, 3.63) is 22.7 Å². The molecule has 1 aromatic rings. The van der Waals surface area contributed by atoms with Crippen LogP contribution in [0.3, 0.4) is 0 Å². The van der Waals surface area contributed by atoms with Crippen molar-refractivity contribution < 1.29 is 14.6 Å². The highest BCUT2D eigenvalue weighted by Gasteiger charge is 2.24. The van der Waals surface area contributed by atoms with E-state index in [9.17, 15) is 4.79 Å². The summed E-state index contributed by atoms with van der Waals surface area (Å²) in [5.74, 6) is 0.538. The molecular formula is C10H10BrNO3. The van der Waals surface area contributed by atoms with Crippen molar-refractivity contribution in [2.45, 2.75) is 0 Å². The molecular weight excluding hydrogens is 262 g/mol. The molecule has 1 N–H and O–H groups in total. The van der Waals surface area contributed by atoms with Gasteiger partial charge in [0, 0.05) is 11.0 Å². The van der Waals surface area contributed by atoms with Crippen LogP contribution in [0.2, 0.25) is 0 Å². The first-order chi connectivity index (χ1) is 7.22. The van der Waals surface area contributed by atoms with Crippen LogP contribution in [0.4, 0.5) is 5.69 Å². The summed E-state index contributed by atoms with van der Waals surface area (Å²) in [6.45, 7) is 0.279. The van der Waals surface area contributed by atoms with Gasteiger partial charge in [0.25, 0.3) is 5.91 Å². The van der Waals surface area contributed by atoms with Gasteiger partial charge in [-0.25, -0.2) is 0 Å². The quantitative estimate of drug-likeness (QED) is 0.879. The van der Waals surface area contributed by atoms with E-state index in [-0.39, 0.29) is 19.1 Å². The van der Waals surface area contributed by atoms with Gasteiger partial charge in [-0.3, -0.25) is 4.79 Å². The maximum Gasteiger partial charge on any atom is 0.265 e. The zero-order valence-electron chi connectivity index (χ0n) is 7.94. The largest absolute Gasteiger partial charge is 0.482 e. The van der Waals surface area contributed by atoms with E-state index in [2.05, 4.69) is 15.9 Å². The number of aliphatic hydroxyl groups is 1. The molecule has 1 aliphatic rings. The first-order valence-electron chi connectivity index (χ1n) is 4.56. The monoisotopic (exact) mass is 271 g/mol. The van der Waals surface area contributed by atoms with Gasteiger partial charge in [0.2, 0.25) is 0 Å². The lowest BCUT2D eigenvalue weighted by atomic mass is 10.2. The minimum atomic E-state index is -0.126. The van der Waals surface area contributed by atoms with Crippen LogP contribution in [0.5, 0.6) is 5.75 Å². The average molecular weight is 272 g/mol. The Balaban J connectivity index is 2.39. The predicted octanol–water partition coefficient (Wildman–Crippen LogP) is 1.17. The molecule has 0 spiro atoms. The van der Waals surface area contributed by atoms with E-state index in [4.69, 9.17) is 9.84 Å². The van der Waals surface area contributed by atoms with Crippen molar-refractivity contribution in [2.24, 2.45) is 0 Å². The molecule has 5 heteroatoms. The number of ether oxygens (including phenoxy) is 1. The van der Waals surface area contributed by atoms with Crippen molar-refractivity contribution in [1.29, 1.82) is 0 Å². The number of aliphatic hydroxyl groups excluding tert-OH is 1. The van der Waals surface area contributed by atoms with Crippen LogP contribution in [0.15, 0.2) is 22.7 Å². The summed E-state index contributed by atoms with van der Waals surface area (Å²) in [5, 5.41) is 8.87. The molecule has 0 aliphatic carbocycles. The van der Waals surface area contributed by atoms with Gasteiger partial charge in [0.15, 0.2) is 6.61 Å². The number of hydrogen-bond donors (Lipinski definition) is 1. The fourth-order valence-electron chi connectivity index (χ4n) is 1.52.